The van der Waals surface area contributed by atoms with Crippen LogP contribution in [0, 0.1) is 18.3 Å². The number of rotatable bonds is 3. The second-order valence-corrected chi connectivity index (χ2v) is 7.04. The zero-order chi connectivity index (χ0) is 16.5. The molecule has 0 atom stereocenters. The van der Waals surface area contributed by atoms with E-state index in [0.29, 0.717) is 5.56 Å². The number of benzene rings is 1. The Hall–Kier alpha value is -2.05. The summed E-state index contributed by atoms with van der Waals surface area (Å²) in [7, 11) is -5.81. The van der Waals surface area contributed by atoms with E-state index in [1.807, 2.05) is 13.0 Å². The maximum atomic E-state index is 12.3. The first-order valence-electron chi connectivity index (χ1n) is 5.76. The van der Waals surface area contributed by atoms with E-state index in [2.05, 4.69) is 4.18 Å². The van der Waals surface area contributed by atoms with Crippen molar-refractivity contribution >= 4 is 21.5 Å². The van der Waals surface area contributed by atoms with Crippen LogP contribution in [0.25, 0.3) is 10.4 Å². The molecule has 0 N–H and O–H groups in total. The highest BCUT2D eigenvalue weighted by atomic mass is 32.2. The summed E-state index contributed by atoms with van der Waals surface area (Å²) in [4.78, 5) is 1.83. The molecule has 0 aliphatic heterocycles. The quantitative estimate of drug-likeness (QED) is 0.625. The van der Waals surface area contributed by atoms with Gasteiger partial charge in [0.05, 0.1) is 5.56 Å². The van der Waals surface area contributed by atoms with Gasteiger partial charge in [0.15, 0.2) is 5.75 Å². The average Bonchev–Trinajstić information content (AvgIpc) is 2.84. The van der Waals surface area contributed by atoms with Gasteiger partial charge in [-0.1, -0.05) is 0 Å². The molecule has 0 aliphatic carbocycles. The Kier molecular flexibility index (Phi) is 4.17. The highest BCUT2D eigenvalue weighted by molar-refractivity contribution is 7.88. The Morgan fingerprint density at radius 3 is 2.41 bits per heavy atom. The Labute approximate surface area is 128 Å². The van der Waals surface area contributed by atoms with Gasteiger partial charge in [-0.15, -0.1) is 11.3 Å². The molecular weight excluding hydrogens is 339 g/mol. The molecule has 1 heterocycles. The molecule has 0 saturated carbocycles. The molecule has 22 heavy (non-hydrogen) atoms. The van der Waals surface area contributed by atoms with Gasteiger partial charge in [0, 0.05) is 9.75 Å². The maximum absolute atomic E-state index is 12.3. The zero-order valence-corrected chi connectivity index (χ0v) is 12.6. The molecule has 0 spiro atoms. The lowest BCUT2D eigenvalue weighted by atomic mass is 10.1. The Morgan fingerprint density at radius 1 is 1.23 bits per heavy atom. The van der Waals surface area contributed by atoms with Gasteiger partial charge in [0.25, 0.3) is 0 Å². The summed E-state index contributed by atoms with van der Waals surface area (Å²) in [6.07, 6.45) is 0. The summed E-state index contributed by atoms with van der Waals surface area (Å²) in [5.74, 6) is -0.656. The van der Waals surface area contributed by atoms with Crippen LogP contribution < -0.4 is 4.18 Å². The van der Waals surface area contributed by atoms with Crippen LogP contribution in [0.2, 0.25) is 0 Å². The van der Waals surface area contributed by atoms with Crippen molar-refractivity contribution < 1.29 is 25.8 Å². The van der Waals surface area contributed by atoms with Crippen molar-refractivity contribution in [1.82, 2.24) is 0 Å². The van der Waals surface area contributed by atoms with Gasteiger partial charge in [0.2, 0.25) is 0 Å². The summed E-state index contributed by atoms with van der Waals surface area (Å²) in [5.41, 5.74) is -5.26. The molecule has 0 unspecified atom stereocenters. The van der Waals surface area contributed by atoms with E-state index in [1.54, 1.807) is 12.1 Å². The first kappa shape index (κ1) is 16.3. The third-order valence-corrected chi connectivity index (χ3v) is 4.62. The molecule has 9 heteroatoms. The van der Waals surface area contributed by atoms with Crippen molar-refractivity contribution in [1.29, 1.82) is 5.26 Å². The van der Waals surface area contributed by atoms with Crippen molar-refractivity contribution in [3.63, 3.8) is 0 Å². The SMILES string of the molecule is Cc1ccc(-c2ccc(OS(=O)(=O)C(F)(F)F)c(C#N)c2)s1. The van der Waals surface area contributed by atoms with Gasteiger partial charge in [-0.25, -0.2) is 0 Å². The lowest BCUT2D eigenvalue weighted by Crippen LogP contribution is -2.28. The molecule has 4 nitrogen and oxygen atoms in total. The van der Waals surface area contributed by atoms with Gasteiger partial charge in [-0.3, -0.25) is 0 Å². The van der Waals surface area contributed by atoms with Crippen molar-refractivity contribution in [2.75, 3.05) is 0 Å². The second kappa shape index (κ2) is 5.62. The number of hydrogen-bond donors (Lipinski definition) is 0. The third kappa shape index (κ3) is 3.23. The fraction of sp³-hybridized carbons (Fsp3) is 0.154. The molecule has 0 fully saturated rings. The molecular formula is C13H8F3NO3S2. The van der Waals surface area contributed by atoms with E-state index in [-0.39, 0.29) is 5.56 Å². The summed E-state index contributed by atoms with van der Waals surface area (Å²) in [6, 6.07) is 9.00. The van der Waals surface area contributed by atoms with Crippen molar-refractivity contribution in [2.45, 2.75) is 12.4 Å². The molecule has 2 aromatic rings. The number of nitrogens with zero attached hydrogens (tertiary/aromatic N) is 1. The van der Waals surface area contributed by atoms with Gasteiger partial charge < -0.3 is 4.18 Å². The number of hydrogen-bond acceptors (Lipinski definition) is 5. The largest absolute Gasteiger partial charge is 0.534 e. The normalized spacial score (nSPS) is 12.0. The van der Waals surface area contributed by atoms with Gasteiger partial charge in [-0.2, -0.15) is 26.9 Å². The van der Waals surface area contributed by atoms with Crippen LogP contribution in [-0.4, -0.2) is 13.9 Å². The molecule has 116 valence electrons. The molecule has 0 amide bonds. The van der Waals surface area contributed by atoms with Crippen LogP contribution in [0.5, 0.6) is 5.75 Å². The summed E-state index contributed by atoms with van der Waals surface area (Å²) < 4.78 is 62.9. The minimum Gasteiger partial charge on any atom is -0.375 e. The molecule has 0 radical (unpaired) electrons. The predicted molar refractivity (Wildman–Crippen MR) is 74.8 cm³/mol. The van der Waals surface area contributed by atoms with Crippen molar-refractivity contribution in [3.05, 3.63) is 40.8 Å². The summed E-state index contributed by atoms with van der Waals surface area (Å²) in [6.45, 7) is 1.88. The highest BCUT2D eigenvalue weighted by Crippen LogP contribution is 2.33. The van der Waals surface area contributed by atoms with Crippen LogP contribution in [0.3, 0.4) is 0 Å². The number of alkyl halides is 3. The minimum absolute atomic E-state index is 0.295. The standard InChI is InChI=1S/C13H8F3NO3S2/c1-8-2-5-12(21-8)9-3-4-11(10(6-9)7-17)20-22(18,19)13(14,15)16/h2-6H,1H3. The first-order valence-corrected chi connectivity index (χ1v) is 7.98. The topological polar surface area (TPSA) is 67.2 Å². The van der Waals surface area contributed by atoms with Crippen LogP contribution >= 0.6 is 11.3 Å². The van der Waals surface area contributed by atoms with Gasteiger partial charge in [0.1, 0.15) is 6.07 Å². The van der Waals surface area contributed by atoms with Crippen LogP contribution in [0.15, 0.2) is 30.3 Å². The third-order valence-electron chi connectivity index (χ3n) is 2.61. The van der Waals surface area contributed by atoms with Gasteiger partial charge >= 0.3 is 15.6 Å². The predicted octanol–water partition coefficient (Wildman–Crippen LogP) is 3.82. The maximum Gasteiger partial charge on any atom is 0.534 e. The van der Waals surface area contributed by atoms with Gasteiger partial charge in [-0.05, 0) is 42.8 Å². The van der Waals surface area contributed by atoms with E-state index < -0.39 is 21.4 Å². The van der Waals surface area contributed by atoms with E-state index in [0.717, 1.165) is 15.8 Å². The highest BCUT2D eigenvalue weighted by Gasteiger charge is 2.48. The molecule has 2 rings (SSSR count). The van der Waals surface area contributed by atoms with E-state index in [1.165, 1.54) is 23.5 Å². The Morgan fingerprint density at radius 2 is 1.91 bits per heavy atom. The molecule has 1 aromatic carbocycles. The second-order valence-electron chi connectivity index (χ2n) is 4.22. The summed E-state index contributed by atoms with van der Waals surface area (Å²) >= 11 is 1.43. The van der Waals surface area contributed by atoms with Crippen molar-refractivity contribution in [2.24, 2.45) is 0 Å². The molecule has 0 saturated heterocycles. The zero-order valence-electron chi connectivity index (χ0n) is 11.0. The number of thiophene rings is 1. The lowest BCUT2D eigenvalue weighted by Gasteiger charge is -2.11. The molecule has 1 aromatic heterocycles. The smallest absolute Gasteiger partial charge is 0.375 e. The van der Waals surface area contributed by atoms with Crippen LogP contribution in [0.4, 0.5) is 13.2 Å². The summed E-state index contributed by atoms with van der Waals surface area (Å²) in [5, 5.41) is 8.99. The minimum atomic E-state index is -5.81. The van der Waals surface area contributed by atoms with Crippen molar-refractivity contribution in [3.8, 4) is 22.3 Å². The molecule has 0 aliphatic rings. The Bertz CT molecular complexity index is 848. The number of nitriles is 1. The van der Waals surface area contributed by atoms with E-state index in [4.69, 9.17) is 5.26 Å². The fourth-order valence-corrected chi connectivity index (χ4v) is 2.94. The number of halogens is 3. The first-order chi connectivity index (χ1) is 10.1. The monoisotopic (exact) mass is 347 g/mol. The fourth-order valence-electron chi connectivity index (χ4n) is 1.60. The molecule has 0 bridgehead atoms. The average molecular weight is 347 g/mol. The van der Waals surface area contributed by atoms with Crippen LogP contribution in [-0.2, 0) is 10.1 Å². The van der Waals surface area contributed by atoms with E-state index in [9.17, 15) is 21.6 Å². The lowest BCUT2D eigenvalue weighted by molar-refractivity contribution is -0.0500. The number of aryl methyl sites for hydroxylation is 1. The Balaban J connectivity index is 2.42. The van der Waals surface area contributed by atoms with Crippen LogP contribution in [0.1, 0.15) is 10.4 Å². The van der Waals surface area contributed by atoms with E-state index >= 15 is 0 Å².